The molecule has 0 aliphatic rings. The molecular weight excluding hydrogens is 174 g/mol. The molecule has 14 heavy (non-hydrogen) atoms. The van der Waals surface area contributed by atoms with Gasteiger partial charge < -0.3 is 4.90 Å². The maximum Gasteiger partial charge on any atom is 0.0582 e. The Morgan fingerprint density at radius 3 is 2.71 bits per heavy atom. The van der Waals surface area contributed by atoms with E-state index < -0.39 is 0 Å². The van der Waals surface area contributed by atoms with Crippen LogP contribution in [0.3, 0.4) is 0 Å². The lowest BCUT2D eigenvalue weighted by Crippen LogP contribution is -2.21. The molecule has 3 heteroatoms. The molecule has 1 aromatic rings. The predicted octanol–water partition coefficient (Wildman–Crippen LogP) is 2.12. The van der Waals surface area contributed by atoms with Crippen molar-refractivity contribution in [3.05, 3.63) is 24.5 Å². The minimum atomic E-state index is 1.00. The van der Waals surface area contributed by atoms with Crippen molar-refractivity contribution >= 4 is 5.70 Å². The van der Waals surface area contributed by atoms with E-state index in [1.54, 1.807) is 4.68 Å². The second kappa shape index (κ2) is 4.84. The van der Waals surface area contributed by atoms with Gasteiger partial charge in [0.05, 0.1) is 6.20 Å². The highest BCUT2D eigenvalue weighted by Gasteiger charge is 2.07. The van der Waals surface area contributed by atoms with Gasteiger partial charge in [0.2, 0.25) is 0 Å². The van der Waals surface area contributed by atoms with Gasteiger partial charge in [-0.15, -0.1) is 0 Å². The van der Waals surface area contributed by atoms with Crippen molar-refractivity contribution in [3.8, 4) is 0 Å². The fourth-order valence-electron chi connectivity index (χ4n) is 1.51. The third-order valence-electron chi connectivity index (χ3n) is 2.30. The van der Waals surface area contributed by atoms with Crippen molar-refractivity contribution in [1.29, 1.82) is 0 Å². The third kappa shape index (κ3) is 2.37. The molecule has 1 heterocycles. The van der Waals surface area contributed by atoms with Crippen LogP contribution in [-0.2, 0) is 7.05 Å². The van der Waals surface area contributed by atoms with Gasteiger partial charge in [-0.25, -0.2) is 0 Å². The third-order valence-corrected chi connectivity index (χ3v) is 2.30. The summed E-state index contributed by atoms with van der Waals surface area (Å²) in [5.41, 5.74) is 2.19. The SMILES string of the molecule is C=C(c1cnn(C)c1)N(CC)CCC. The molecule has 78 valence electrons. The average Bonchev–Trinajstić information content (AvgIpc) is 2.60. The zero-order valence-corrected chi connectivity index (χ0v) is 9.32. The van der Waals surface area contributed by atoms with Crippen LogP contribution in [0.25, 0.3) is 5.70 Å². The van der Waals surface area contributed by atoms with Crippen LogP contribution in [0, 0.1) is 0 Å². The Hall–Kier alpha value is -1.25. The monoisotopic (exact) mass is 193 g/mol. The highest BCUT2D eigenvalue weighted by atomic mass is 15.2. The molecule has 0 amide bonds. The van der Waals surface area contributed by atoms with Gasteiger partial charge in [0.15, 0.2) is 0 Å². The Morgan fingerprint density at radius 2 is 2.29 bits per heavy atom. The lowest BCUT2D eigenvalue weighted by molar-refractivity contribution is 0.418. The topological polar surface area (TPSA) is 21.1 Å². The molecule has 0 aromatic carbocycles. The summed E-state index contributed by atoms with van der Waals surface area (Å²) in [6.45, 7) is 10.5. The van der Waals surface area contributed by atoms with E-state index >= 15 is 0 Å². The molecule has 0 atom stereocenters. The summed E-state index contributed by atoms with van der Waals surface area (Å²) in [6, 6.07) is 0. The summed E-state index contributed by atoms with van der Waals surface area (Å²) < 4.78 is 1.81. The Kier molecular flexibility index (Phi) is 3.74. The van der Waals surface area contributed by atoms with Crippen molar-refractivity contribution in [3.63, 3.8) is 0 Å². The highest BCUT2D eigenvalue weighted by Crippen LogP contribution is 2.15. The summed E-state index contributed by atoms with van der Waals surface area (Å²) in [5.74, 6) is 0. The van der Waals surface area contributed by atoms with Crippen LogP contribution in [0.4, 0.5) is 0 Å². The number of aromatic nitrogens is 2. The van der Waals surface area contributed by atoms with Crippen molar-refractivity contribution in [2.24, 2.45) is 7.05 Å². The first-order valence-electron chi connectivity index (χ1n) is 5.11. The van der Waals surface area contributed by atoms with Crippen molar-refractivity contribution in [2.45, 2.75) is 20.3 Å². The first-order chi connectivity index (χ1) is 6.69. The molecule has 0 bridgehead atoms. The van der Waals surface area contributed by atoms with Crippen LogP contribution in [-0.4, -0.2) is 27.8 Å². The molecule has 1 rings (SSSR count). The summed E-state index contributed by atoms with van der Waals surface area (Å²) in [7, 11) is 1.92. The fraction of sp³-hybridized carbons (Fsp3) is 0.545. The zero-order valence-electron chi connectivity index (χ0n) is 9.32. The van der Waals surface area contributed by atoms with Gasteiger partial charge in [0.25, 0.3) is 0 Å². The van der Waals surface area contributed by atoms with Gasteiger partial charge in [-0.3, -0.25) is 4.68 Å². The molecular formula is C11H19N3. The van der Waals surface area contributed by atoms with E-state index in [2.05, 4.69) is 30.4 Å². The molecule has 1 aromatic heterocycles. The summed E-state index contributed by atoms with van der Waals surface area (Å²) in [4.78, 5) is 2.27. The van der Waals surface area contributed by atoms with Crippen LogP contribution >= 0.6 is 0 Å². The number of hydrogen-bond donors (Lipinski definition) is 0. The van der Waals surface area contributed by atoms with Crippen molar-refractivity contribution < 1.29 is 0 Å². The van der Waals surface area contributed by atoms with E-state index in [1.165, 1.54) is 0 Å². The molecule has 3 nitrogen and oxygen atoms in total. The maximum absolute atomic E-state index is 4.14. The molecule has 0 saturated carbocycles. The standard InChI is InChI=1S/C11H19N3/c1-5-7-14(6-2)10(3)11-8-12-13(4)9-11/h8-9H,3,5-7H2,1-2,4H3. The molecule has 0 aliphatic carbocycles. The average molecular weight is 193 g/mol. The predicted molar refractivity (Wildman–Crippen MR) is 59.8 cm³/mol. The Labute approximate surface area is 86.0 Å². The smallest absolute Gasteiger partial charge is 0.0582 e. The Balaban J connectivity index is 2.72. The molecule has 0 spiro atoms. The first-order valence-corrected chi connectivity index (χ1v) is 5.11. The first kappa shape index (κ1) is 10.8. The summed E-state index contributed by atoms with van der Waals surface area (Å²) >= 11 is 0. The van der Waals surface area contributed by atoms with E-state index in [0.717, 1.165) is 30.8 Å². The summed E-state index contributed by atoms with van der Waals surface area (Å²) in [5, 5.41) is 4.14. The van der Waals surface area contributed by atoms with Gasteiger partial charge >= 0.3 is 0 Å². The van der Waals surface area contributed by atoms with Crippen LogP contribution < -0.4 is 0 Å². The normalized spacial score (nSPS) is 10.2. The zero-order chi connectivity index (χ0) is 10.6. The minimum absolute atomic E-state index is 1.00. The molecule has 0 aliphatic heterocycles. The fourth-order valence-corrected chi connectivity index (χ4v) is 1.51. The van der Waals surface area contributed by atoms with Crippen LogP contribution in [0.15, 0.2) is 19.0 Å². The van der Waals surface area contributed by atoms with Crippen molar-refractivity contribution in [1.82, 2.24) is 14.7 Å². The van der Waals surface area contributed by atoms with E-state index in [1.807, 2.05) is 19.4 Å². The van der Waals surface area contributed by atoms with E-state index in [9.17, 15) is 0 Å². The minimum Gasteiger partial charge on any atom is -0.372 e. The van der Waals surface area contributed by atoms with Crippen molar-refractivity contribution in [2.75, 3.05) is 13.1 Å². The molecule has 0 N–H and O–H groups in total. The highest BCUT2D eigenvalue weighted by molar-refractivity contribution is 5.60. The molecule has 0 fully saturated rings. The van der Waals surface area contributed by atoms with Crippen LogP contribution in [0.1, 0.15) is 25.8 Å². The van der Waals surface area contributed by atoms with Gasteiger partial charge in [-0.1, -0.05) is 13.5 Å². The van der Waals surface area contributed by atoms with Crippen LogP contribution in [0.5, 0.6) is 0 Å². The van der Waals surface area contributed by atoms with Gasteiger partial charge in [-0.2, -0.15) is 5.10 Å². The second-order valence-corrected chi connectivity index (χ2v) is 3.43. The number of nitrogens with zero attached hydrogens (tertiary/aromatic N) is 3. The number of hydrogen-bond acceptors (Lipinski definition) is 2. The molecule has 0 radical (unpaired) electrons. The Morgan fingerprint density at radius 1 is 1.57 bits per heavy atom. The van der Waals surface area contributed by atoms with E-state index in [0.29, 0.717) is 0 Å². The summed E-state index contributed by atoms with van der Waals surface area (Å²) in [6.07, 6.45) is 5.01. The van der Waals surface area contributed by atoms with Gasteiger partial charge in [0, 0.05) is 37.6 Å². The second-order valence-electron chi connectivity index (χ2n) is 3.43. The van der Waals surface area contributed by atoms with E-state index in [-0.39, 0.29) is 0 Å². The molecule has 0 saturated heterocycles. The largest absolute Gasteiger partial charge is 0.372 e. The van der Waals surface area contributed by atoms with E-state index in [4.69, 9.17) is 0 Å². The Bertz CT molecular complexity index is 301. The van der Waals surface area contributed by atoms with Crippen LogP contribution in [0.2, 0.25) is 0 Å². The maximum atomic E-state index is 4.14. The quantitative estimate of drug-likeness (QED) is 0.714. The number of aryl methyl sites for hydroxylation is 1. The molecule has 0 unspecified atom stereocenters. The number of rotatable bonds is 5. The lowest BCUT2D eigenvalue weighted by atomic mass is 10.2. The van der Waals surface area contributed by atoms with Gasteiger partial charge in [0.1, 0.15) is 0 Å². The lowest BCUT2D eigenvalue weighted by Gasteiger charge is -2.23. The van der Waals surface area contributed by atoms with Gasteiger partial charge in [-0.05, 0) is 13.3 Å².